The van der Waals surface area contributed by atoms with E-state index in [0.717, 1.165) is 16.7 Å². The number of aromatic amines is 1. The number of pyridine rings is 1. The van der Waals surface area contributed by atoms with Gasteiger partial charge in [-0.3, -0.25) is 14.7 Å². The third kappa shape index (κ3) is 5.05. The Bertz CT molecular complexity index is 1220. The van der Waals surface area contributed by atoms with Crippen molar-refractivity contribution in [3.63, 3.8) is 0 Å². The summed E-state index contributed by atoms with van der Waals surface area (Å²) in [5.41, 5.74) is 4.52. The number of benzene rings is 2. The molecule has 0 atom stereocenters. The van der Waals surface area contributed by atoms with Crippen LogP contribution >= 0.6 is 0 Å². The van der Waals surface area contributed by atoms with Crippen molar-refractivity contribution >= 4 is 5.78 Å². The Morgan fingerprint density at radius 1 is 0.968 bits per heavy atom. The smallest absolute Gasteiger partial charge is 0.276 e. The minimum atomic E-state index is -0.259. The highest BCUT2D eigenvalue weighted by Crippen LogP contribution is 2.20. The second-order valence-electron chi connectivity index (χ2n) is 7.40. The SMILES string of the molecule is CC(=O)Cc1c[nH]n(-c2ccc(COCc3cccc(-c4ccccc4)c3)cn2)c1=O. The molecule has 31 heavy (non-hydrogen) atoms. The Morgan fingerprint density at radius 3 is 2.48 bits per heavy atom. The van der Waals surface area contributed by atoms with E-state index in [1.54, 1.807) is 18.5 Å². The third-order valence-electron chi connectivity index (χ3n) is 4.89. The first-order valence-corrected chi connectivity index (χ1v) is 10.1. The van der Waals surface area contributed by atoms with Crippen LogP contribution in [-0.2, 0) is 29.2 Å². The van der Waals surface area contributed by atoms with Crippen molar-refractivity contribution in [1.82, 2.24) is 14.8 Å². The first-order chi connectivity index (χ1) is 15.1. The molecule has 0 amide bonds. The van der Waals surface area contributed by atoms with Crippen LogP contribution in [-0.4, -0.2) is 20.5 Å². The number of hydrogen-bond acceptors (Lipinski definition) is 4. The second-order valence-corrected chi connectivity index (χ2v) is 7.40. The number of hydrogen-bond donors (Lipinski definition) is 1. The van der Waals surface area contributed by atoms with Gasteiger partial charge in [-0.25, -0.2) is 9.67 Å². The molecule has 2 aromatic heterocycles. The quantitative estimate of drug-likeness (QED) is 0.472. The summed E-state index contributed by atoms with van der Waals surface area (Å²) < 4.78 is 7.19. The maximum absolute atomic E-state index is 12.4. The lowest BCUT2D eigenvalue weighted by molar-refractivity contribution is -0.116. The zero-order chi connectivity index (χ0) is 21.6. The summed E-state index contributed by atoms with van der Waals surface area (Å²) in [5.74, 6) is 0.414. The van der Waals surface area contributed by atoms with E-state index in [2.05, 4.69) is 34.3 Å². The predicted octanol–water partition coefficient (Wildman–Crippen LogP) is 4.08. The lowest BCUT2D eigenvalue weighted by atomic mass is 10.0. The fourth-order valence-electron chi connectivity index (χ4n) is 3.36. The lowest BCUT2D eigenvalue weighted by Gasteiger charge is -2.08. The Morgan fingerprint density at radius 2 is 1.74 bits per heavy atom. The van der Waals surface area contributed by atoms with Crippen LogP contribution in [0.25, 0.3) is 16.9 Å². The second kappa shape index (κ2) is 9.36. The number of nitrogens with one attached hydrogen (secondary N) is 1. The van der Waals surface area contributed by atoms with Crippen molar-refractivity contribution in [3.8, 4) is 16.9 Å². The molecular formula is C25H23N3O3. The number of nitrogens with zero attached hydrogens (tertiary/aromatic N) is 2. The minimum absolute atomic E-state index is 0.0574. The maximum Gasteiger partial charge on any atom is 0.276 e. The molecule has 6 heteroatoms. The predicted molar refractivity (Wildman–Crippen MR) is 119 cm³/mol. The van der Waals surface area contributed by atoms with Crippen molar-refractivity contribution < 1.29 is 9.53 Å². The van der Waals surface area contributed by atoms with Crippen molar-refractivity contribution in [1.29, 1.82) is 0 Å². The molecule has 0 aliphatic rings. The molecule has 4 rings (SSSR count). The molecule has 0 spiro atoms. The summed E-state index contributed by atoms with van der Waals surface area (Å²) in [6, 6.07) is 22.2. The van der Waals surface area contributed by atoms with Gasteiger partial charge in [0.15, 0.2) is 5.82 Å². The summed E-state index contributed by atoms with van der Waals surface area (Å²) in [5, 5.41) is 2.86. The van der Waals surface area contributed by atoms with E-state index in [0.29, 0.717) is 24.6 Å². The average molecular weight is 413 g/mol. The number of H-pyrrole nitrogens is 1. The van der Waals surface area contributed by atoms with Crippen molar-refractivity contribution in [3.05, 3.63) is 106 Å². The first-order valence-electron chi connectivity index (χ1n) is 10.1. The van der Waals surface area contributed by atoms with Gasteiger partial charge >= 0.3 is 0 Å². The highest BCUT2D eigenvalue weighted by atomic mass is 16.5. The Hall–Kier alpha value is -3.77. The molecule has 156 valence electrons. The van der Waals surface area contributed by atoms with Crippen molar-refractivity contribution in [2.24, 2.45) is 0 Å². The topological polar surface area (TPSA) is 77.0 Å². The van der Waals surface area contributed by atoms with Gasteiger partial charge in [0.1, 0.15) is 5.78 Å². The number of carbonyl (C=O) groups is 1. The molecule has 0 aliphatic carbocycles. The number of carbonyl (C=O) groups excluding carboxylic acids is 1. The minimum Gasteiger partial charge on any atom is -0.372 e. The van der Waals surface area contributed by atoms with Crippen LogP contribution in [0.4, 0.5) is 0 Å². The van der Waals surface area contributed by atoms with E-state index < -0.39 is 0 Å². The Balaban J connectivity index is 1.37. The number of aromatic nitrogens is 3. The van der Waals surface area contributed by atoms with Crippen LogP contribution < -0.4 is 5.56 Å². The van der Waals surface area contributed by atoms with Crippen LogP contribution in [0.15, 0.2) is 83.9 Å². The van der Waals surface area contributed by atoms with Gasteiger partial charge in [-0.15, -0.1) is 0 Å². The van der Waals surface area contributed by atoms with Gasteiger partial charge in [-0.2, -0.15) is 0 Å². The number of ketones is 1. The fourth-order valence-corrected chi connectivity index (χ4v) is 3.36. The van der Waals surface area contributed by atoms with Crippen molar-refractivity contribution in [2.75, 3.05) is 0 Å². The molecular weight excluding hydrogens is 390 g/mol. The van der Waals surface area contributed by atoms with Crippen LogP contribution in [0.5, 0.6) is 0 Å². The van der Waals surface area contributed by atoms with Crippen molar-refractivity contribution in [2.45, 2.75) is 26.6 Å². The highest BCUT2D eigenvalue weighted by Gasteiger charge is 2.10. The number of rotatable bonds is 8. The van der Waals surface area contributed by atoms with E-state index in [1.165, 1.54) is 17.2 Å². The molecule has 4 aromatic rings. The fraction of sp³-hybridized carbons (Fsp3) is 0.160. The van der Waals surface area contributed by atoms with E-state index in [4.69, 9.17) is 4.74 Å². The molecule has 0 radical (unpaired) electrons. The molecule has 0 aliphatic heterocycles. The van der Waals surface area contributed by atoms with E-state index in [1.807, 2.05) is 36.4 Å². The van der Waals surface area contributed by atoms with Crippen LogP contribution in [0.1, 0.15) is 23.6 Å². The molecule has 0 unspecified atom stereocenters. The molecule has 0 fully saturated rings. The number of Topliss-reactive ketones (excluding diaryl/α,β-unsaturated/α-hetero) is 1. The van der Waals surface area contributed by atoms with Crippen LogP contribution in [0, 0.1) is 0 Å². The molecule has 6 nitrogen and oxygen atoms in total. The Labute approximate surface area is 180 Å². The summed E-state index contributed by atoms with van der Waals surface area (Å²) in [6.45, 7) is 2.37. The first kappa shape index (κ1) is 20.5. The van der Waals surface area contributed by atoms with Gasteiger partial charge in [0.2, 0.25) is 0 Å². The van der Waals surface area contributed by atoms with Gasteiger partial charge in [0.05, 0.1) is 13.2 Å². The normalized spacial score (nSPS) is 10.9. The molecule has 2 heterocycles. The Kier molecular flexibility index (Phi) is 6.19. The zero-order valence-corrected chi connectivity index (χ0v) is 17.2. The van der Waals surface area contributed by atoms with Crippen LogP contribution in [0.3, 0.4) is 0 Å². The summed E-state index contributed by atoms with van der Waals surface area (Å²) >= 11 is 0. The number of ether oxygens (including phenoxy) is 1. The maximum atomic E-state index is 12.4. The molecule has 2 aromatic carbocycles. The van der Waals surface area contributed by atoms with Gasteiger partial charge in [-0.05, 0) is 41.3 Å². The van der Waals surface area contributed by atoms with Gasteiger partial charge in [-0.1, -0.05) is 54.6 Å². The molecule has 0 bridgehead atoms. The summed E-state index contributed by atoms with van der Waals surface area (Å²) in [4.78, 5) is 28.0. The molecule has 0 saturated carbocycles. The van der Waals surface area contributed by atoms with E-state index in [9.17, 15) is 9.59 Å². The average Bonchev–Trinajstić information content (AvgIpc) is 3.14. The lowest BCUT2D eigenvalue weighted by Crippen LogP contribution is -2.19. The van der Waals surface area contributed by atoms with Gasteiger partial charge in [0, 0.05) is 24.4 Å². The third-order valence-corrected chi connectivity index (χ3v) is 4.89. The van der Waals surface area contributed by atoms with Crippen LogP contribution in [0.2, 0.25) is 0 Å². The summed E-state index contributed by atoms with van der Waals surface area (Å²) in [7, 11) is 0. The summed E-state index contributed by atoms with van der Waals surface area (Å²) in [6.07, 6.45) is 3.35. The van der Waals surface area contributed by atoms with Gasteiger partial charge in [0.25, 0.3) is 5.56 Å². The largest absolute Gasteiger partial charge is 0.372 e. The van der Waals surface area contributed by atoms with E-state index in [-0.39, 0.29) is 17.8 Å². The molecule has 0 saturated heterocycles. The molecule has 1 N–H and O–H groups in total. The highest BCUT2D eigenvalue weighted by molar-refractivity contribution is 5.78. The standard InChI is InChI=1S/C25H23N3O3/c1-18(29)12-23-15-27-28(25(23)30)24-11-10-20(14-26-24)17-31-16-19-6-5-9-22(13-19)21-7-3-2-4-8-21/h2-11,13-15,27H,12,16-17H2,1H3. The van der Waals surface area contributed by atoms with Gasteiger partial charge < -0.3 is 4.74 Å². The van der Waals surface area contributed by atoms with E-state index >= 15 is 0 Å². The monoisotopic (exact) mass is 413 g/mol. The zero-order valence-electron chi connectivity index (χ0n) is 17.2.